The summed E-state index contributed by atoms with van der Waals surface area (Å²) in [5, 5.41) is 3.46. The summed E-state index contributed by atoms with van der Waals surface area (Å²) in [5.74, 6) is 0. The predicted octanol–water partition coefficient (Wildman–Crippen LogP) is 2.02. The van der Waals surface area contributed by atoms with Gasteiger partial charge in [0.1, 0.15) is 0 Å². The lowest BCUT2D eigenvalue weighted by molar-refractivity contribution is -0.0102. The minimum atomic E-state index is 0.491. The predicted molar refractivity (Wildman–Crippen MR) is 71.3 cm³/mol. The zero-order valence-corrected chi connectivity index (χ0v) is 11.6. The smallest absolute Gasteiger partial charge is 0.0598 e. The van der Waals surface area contributed by atoms with Crippen LogP contribution in [0.5, 0.6) is 0 Å². The number of hydrogen-bond acceptors (Lipinski definition) is 3. The van der Waals surface area contributed by atoms with Crippen molar-refractivity contribution < 1.29 is 4.74 Å². The molecule has 0 radical (unpaired) electrons. The Morgan fingerprint density at radius 2 is 2.00 bits per heavy atom. The number of ether oxygens (including phenoxy) is 1. The normalized spacial score (nSPS) is 40.4. The van der Waals surface area contributed by atoms with Crippen molar-refractivity contribution >= 4 is 0 Å². The van der Waals surface area contributed by atoms with Gasteiger partial charge < -0.3 is 10.1 Å². The molecule has 1 N–H and O–H groups in total. The standard InChI is InChI=1S/C14H28N2O/c1-11-9-14(17-3)7-8-16(11)13-6-4-5-12(10-13)15-2/h11-15H,4-10H2,1-3H3. The molecule has 1 saturated carbocycles. The number of likely N-dealkylation sites (tertiary alicyclic amines) is 1. The lowest BCUT2D eigenvalue weighted by atomic mass is 9.87. The van der Waals surface area contributed by atoms with E-state index in [4.69, 9.17) is 4.74 Å². The van der Waals surface area contributed by atoms with Gasteiger partial charge in [0.05, 0.1) is 6.10 Å². The Morgan fingerprint density at radius 3 is 2.65 bits per heavy atom. The van der Waals surface area contributed by atoms with Gasteiger partial charge in [0.15, 0.2) is 0 Å². The van der Waals surface area contributed by atoms with E-state index in [1.165, 1.54) is 45.1 Å². The minimum absolute atomic E-state index is 0.491. The SMILES string of the molecule is CNC1CCCC(N2CCC(OC)CC2C)C1. The number of nitrogens with one attached hydrogen (secondary N) is 1. The highest BCUT2D eigenvalue weighted by atomic mass is 16.5. The number of nitrogens with zero attached hydrogens (tertiary/aromatic N) is 1. The first kappa shape index (κ1) is 13.3. The van der Waals surface area contributed by atoms with Crippen LogP contribution in [0.1, 0.15) is 45.4 Å². The topological polar surface area (TPSA) is 24.5 Å². The largest absolute Gasteiger partial charge is 0.381 e. The minimum Gasteiger partial charge on any atom is -0.381 e. The van der Waals surface area contributed by atoms with Crippen molar-refractivity contribution in [2.75, 3.05) is 20.7 Å². The number of piperidine rings is 1. The van der Waals surface area contributed by atoms with Crippen LogP contribution >= 0.6 is 0 Å². The molecule has 2 rings (SSSR count). The van der Waals surface area contributed by atoms with Gasteiger partial charge in [0.2, 0.25) is 0 Å². The fraction of sp³-hybridized carbons (Fsp3) is 1.00. The van der Waals surface area contributed by atoms with Crippen molar-refractivity contribution in [3.05, 3.63) is 0 Å². The van der Waals surface area contributed by atoms with Crippen molar-refractivity contribution in [1.29, 1.82) is 0 Å². The second-order valence-electron chi connectivity index (χ2n) is 5.77. The summed E-state index contributed by atoms with van der Waals surface area (Å²) in [6, 6.07) is 2.23. The second-order valence-corrected chi connectivity index (χ2v) is 5.77. The lowest BCUT2D eigenvalue weighted by Gasteiger charge is -2.45. The molecule has 0 bridgehead atoms. The molecule has 17 heavy (non-hydrogen) atoms. The van der Waals surface area contributed by atoms with Gasteiger partial charge in [0, 0.05) is 31.8 Å². The summed E-state index contributed by atoms with van der Waals surface area (Å²) < 4.78 is 5.50. The van der Waals surface area contributed by atoms with Crippen molar-refractivity contribution in [2.24, 2.45) is 0 Å². The molecule has 1 saturated heterocycles. The van der Waals surface area contributed by atoms with E-state index in [1.807, 2.05) is 7.11 Å². The van der Waals surface area contributed by atoms with Crippen LogP contribution in [-0.2, 0) is 4.74 Å². The first-order valence-corrected chi connectivity index (χ1v) is 7.20. The van der Waals surface area contributed by atoms with Crippen LogP contribution < -0.4 is 5.32 Å². The zero-order valence-electron chi connectivity index (χ0n) is 11.6. The van der Waals surface area contributed by atoms with Gasteiger partial charge in [-0.25, -0.2) is 0 Å². The molecule has 2 fully saturated rings. The van der Waals surface area contributed by atoms with Crippen molar-refractivity contribution in [3.8, 4) is 0 Å². The Labute approximate surface area is 106 Å². The van der Waals surface area contributed by atoms with Crippen LogP contribution in [0.3, 0.4) is 0 Å². The van der Waals surface area contributed by atoms with Crippen LogP contribution in [0, 0.1) is 0 Å². The highest BCUT2D eigenvalue weighted by Gasteiger charge is 2.32. The van der Waals surface area contributed by atoms with Gasteiger partial charge >= 0.3 is 0 Å². The van der Waals surface area contributed by atoms with Gasteiger partial charge in [-0.2, -0.15) is 0 Å². The first-order valence-electron chi connectivity index (χ1n) is 7.20. The molecule has 1 heterocycles. The third-order valence-corrected chi connectivity index (χ3v) is 4.74. The Kier molecular flexibility index (Phi) is 4.83. The maximum absolute atomic E-state index is 5.50. The highest BCUT2D eigenvalue weighted by molar-refractivity contribution is 4.89. The van der Waals surface area contributed by atoms with Gasteiger partial charge in [-0.05, 0) is 46.1 Å². The molecule has 2 aliphatic rings. The molecular weight excluding hydrogens is 212 g/mol. The molecule has 1 aliphatic heterocycles. The fourth-order valence-corrected chi connectivity index (χ4v) is 3.63. The molecule has 3 heteroatoms. The summed E-state index contributed by atoms with van der Waals surface area (Å²) in [6.07, 6.45) is 8.37. The number of hydrogen-bond donors (Lipinski definition) is 1. The van der Waals surface area contributed by atoms with Crippen LogP contribution in [0.4, 0.5) is 0 Å². The van der Waals surface area contributed by atoms with Gasteiger partial charge in [-0.3, -0.25) is 4.90 Å². The van der Waals surface area contributed by atoms with Crippen molar-refractivity contribution in [2.45, 2.75) is 69.7 Å². The van der Waals surface area contributed by atoms with Gasteiger partial charge in [-0.1, -0.05) is 6.42 Å². The van der Waals surface area contributed by atoms with Crippen LogP contribution in [0.15, 0.2) is 0 Å². The molecule has 100 valence electrons. The molecule has 0 aromatic rings. The van der Waals surface area contributed by atoms with E-state index in [-0.39, 0.29) is 0 Å². The molecule has 0 aromatic carbocycles. The van der Waals surface area contributed by atoms with Crippen molar-refractivity contribution in [3.63, 3.8) is 0 Å². The van der Waals surface area contributed by atoms with E-state index >= 15 is 0 Å². The monoisotopic (exact) mass is 240 g/mol. The van der Waals surface area contributed by atoms with Gasteiger partial charge in [-0.15, -0.1) is 0 Å². The molecule has 4 unspecified atom stereocenters. The third-order valence-electron chi connectivity index (χ3n) is 4.74. The summed E-state index contributed by atoms with van der Waals surface area (Å²) in [6.45, 7) is 3.59. The molecule has 0 aromatic heterocycles. The highest BCUT2D eigenvalue weighted by Crippen LogP contribution is 2.29. The molecule has 0 amide bonds. The number of rotatable bonds is 3. The molecular formula is C14H28N2O. The molecule has 3 nitrogen and oxygen atoms in total. The summed E-state index contributed by atoms with van der Waals surface area (Å²) in [5.41, 5.74) is 0. The summed E-state index contributed by atoms with van der Waals surface area (Å²) in [4.78, 5) is 2.74. The van der Waals surface area contributed by atoms with E-state index in [0.29, 0.717) is 12.1 Å². The average molecular weight is 240 g/mol. The Balaban J connectivity index is 1.89. The quantitative estimate of drug-likeness (QED) is 0.817. The average Bonchev–Trinajstić information content (AvgIpc) is 2.38. The maximum Gasteiger partial charge on any atom is 0.0598 e. The van der Waals surface area contributed by atoms with E-state index in [0.717, 1.165) is 12.1 Å². The van der Waals surface area contributed by atoms with Gasteiger partial charge in [0.25, 0.3) is 0 Å². The number of methoxy groups -OCH3 is 1. The third kappa shape index (κ3) is 3.21. The summed E-state index contributed by atoms with van der Waals surface area (Å²) in [7, 11) is 3.96. The summed E-state index contributed by atoms with van der Waals surface area (Å²) >= 11 is 0. The molecule has 0 spiro atoms. The fourth-order valence-electron chi connectivity index (χ4n) is 3.63. The maximum atomic E-state index is 5.50. The van der Waals surface area contributed by atoms with E-state index in [1.54, 1.807) is 0 Å². The van der Waals surface area contributed by atoms with E-state index < -0.39 is 0 Å². The van der Waals surface area contributed by atoms with E-state index in [2.05, 4.69) is 24.2 Å². The second kappa shape index (κ2) is 6.17. The Hall–Kier alpha value is -0.120. The Bertz CT molecular complexity index is 234. The van der Waals surface area contributed by atoms with Crippen LogP contribution in [0.25, 0.3) is 0 Å². The lowest BCUT2D eigenvalue weighted by Crippen LogP contribution is -2.51. The molecule has 1 aliphatic carbocycles. The zero-order chi connectivity index (χ0) is 12.3. The van der Waals surface area contributed by atoms with E-state index in [9.17, 15) is 0 Å². The van der Waals surface area contributed by atoms with Crippen molar-refractivity contribution in [1.82, 2.24) is 10.2 Å². The Morgan fingerprint density at radius 1 is 1.18 bits per heavy atom. The van der Waals surface area contributed by atoms with Crippen LogP contribution in [-0.4, -0.2) is 49.8 Å². The van der Waals surface area contributed by atoms with Crippen LogP contribution in [0.2, 0.25) is 0 Å². The first-order chi connectivity index (χ1) is 8.24. The molecule has 4 atom stereocenters.